The molecule has 0 aliphatic heterocycles. The number of hydrogen-bond donors (Lipinski definition) is 1. The molecule has 1 aromatic heterocycles. The number of rotatable bonds is 2. The summed E-state index contributed by atoms with van der Waals surface area (Å²) in [6.45, 7) is 2.04. The van der Waals surface area contributed by atoms with Crippen molar-refractivity contribution in [3.05, 3.63) is 28.0 Å². The summed E-state index contributed by atoms with van der Waals surface area (Å²) in [6, 6.07) is 1.54. The van der Waals surface area contributed by atoms with Gasteiger partial charge in [-0.25, -0.2) is 4.98 Å². The van der Waals surface area contributed by atoms with Gasteiger partial charge in [-0.2, -0.15) is 0 Å². The molecule has 0 atom stereocenters. The first-order valence-corrected chi connectivity index (χ1v) is 5.89. The third-order valence-electron chi connectivity index (χ3n) is 2.93. The number of carbonyl (C=O) groups is 1. The van der Waals surface area contributed by atoms with Crippen molar-refractivity contribution in [2.24, 2.45) is 0 Å². The van der Waals surface area contributed by atoms with E-state index in [0.29, 0.717) is 10.6 Å². The van der Waals surface area contributed by atoms with Crippen molar-refractivity contribution in [3.63, 3.8) is 0 Å². The molecular weight excluding hydrogens is 247 g/mol. The van der Waals surface area contributed by atoms with Crippen LogP contribution in [0.5, 0.6) is 0 Å². The molecule has 1 aromatic rings. The Kier molecular flexibility index (Phi) is 3.08. The molecule has 16 heavy (non-hydrogen) atoms. The monoisotopic (exact) mass is 258 g/mol. The van der Waals surface area contributed by atoms with E-state index >= 15 is 0 Å². The summed E-state index contributed by atoms with van der Waals surface area (Å²) in [7, 11) is 0. The number of halogens is 2. The molecule has 2 rings (SSSR count). The zero-order valence-corrected chi connectivity index (χ0v) is 10.4. The second-order valence-corrected chi connectivity index (χ2v) is 5.13. The lowest BCUT2D eigenvalue weighted by atomic mass is 9.78. The molecule has 0 aromatic carbocycles. The van der Waals surface area contributed by atoms with E-state index in [1.807, 2.05) is 6.92 Å². The predicted octanol–water partition coefficient (Wildman–Crippen LogP) is 3.06. The minimum absolute atomic E-state index is 0.0663. The van der Waals surface area contributed by atoms with Gasteiger partial charge in [-0.05, 0) is 32.3 Å². The van der Waals surface area contributed by atoms with Crippen LogP contribution in [0.15, 0.2) is 12.3 Å². The first-order valence-electron chi connectivity index (χ1n) is 5.14. The number of pyridine rings is 1. The largest absolute Gasteiger partial charge is 0.347 e. The van der Waals surface area contributed by atoms with Crippen LogP contribution < -0.4 is 5.32 Å². The topological polar surface area (TPSA) is 42.0 Å². The lowest BCUT2D eigenvalue weighted by molar-refractivity contribution is 0.0850. The molecule has 0 saturated heterocycles. The third kappa shape index (κ3) is 2.30. The van der Waals surface area contributed by atoms with Crippen LogP contribution >= 0.6 is 23.2 Å². The quantitative estimate of drug-likeness (QED) is 0.829. The van der Waals surface area contributed by atoms with E-state index in [1.54, 1.807) is 0 Å². The maximum absolute atomic E-state index is 11.9. The predicted molar refractivity (Wildman–Crippen MR) is 64.0 cm³/mol. The van der Waals surface area contributed by atoms with Crippen LogP contribution in [-0.2, 0) is 0 Å². The van der Waals surface area contributed by atoms with Crippen molar-refractivity contribution in [3.8, 4) is 0 Å². The van der Waals surface area contributed by atoms with Gasteiger partial charge in [0.15, 0.2) is 0 Å². The Morgan fingerprint density at radius 1 is 1.50 bits per heavy atom. The van der Waals surface area contributed by atoms with E-state index in [4.69, 9.17) is 23.2 Å². The molecule has 3 nitrogen and oxygen atoms in total. The molecule has 1 fully saturated rings. The van der Waals surface area contributed by atoms with Crippen LogP contribution in [0.2, 0.25) is 10.2 Å². The molecular formula is C11H12Cl2N2O. The number of nitrogens with zero attached hydrogens (tertiary/aromatic N) is 1. The number of amides is 1. The maximum Gasteiger partial charge on any atom is 0.253 e. The zero-order chi connectivity index (χ0) is 11.8. The first-order chi connectivity index (χ1) is 7.50. The van der Waals surface area contributed by atoms with Gasteiger partial charge in [-0.1, -0.05) is 23.2 Å². The van der Waals surface area contributed by atoms with Crippen LogP contribution in [0.1, 0.15) is 36.5 Å². The summed E-state index contributed by atoms with van der Waals surface area (Å²) < 4.78 is 0. The van der Waals surface area contributed by atoms with Gasteiger partial charge in [0.1, 0.15) is 5.15 Å². The fourth-order valence-electron chi connectivity index (χ4n) is 1.72. The van der Waals surface area contributed by atoms with E-state index in [9.17, 15) is 4.79 Å². The molecule has 0 bridgehead atoms. The number of hydrogen-bond acceptors (Lipinski definition) is 2. The molecule has 1 aliphatic rings. The lowest BCUT2D eigenvalue weighted by Crippen LogP contribution is -2.50. The number of nitrogens with one attached hydrogen (secondary N) is 1. The van der Waals surface area contributed by atoms with Crippen LogP contribution in [0.4, 0.5) is 0 Å². The fourth-order valence-corrected chi connectivity index (χ4v) is 1.99. The van der Waals surface area contributed by atoms with Crippen LogP contribution in [0, 0.1) is 0 Å². The minimum Gasteiger partial charge on any atom is -0.347 e. The van der Waals surface area contributed by atoms with Crippen LogP contribution in [-0.4, -0.2) is 16.4 Å². The third-order valence-corrected chi connectivity index (χ3v) is 3.62. The first kappa shape index (κ1) is 11.7. The van der Waals surface area contributed by atoms with Crippen molar-refractivity contribution in [1.29, 1.82) is 0 Å². The number of aromatic nitrogens is 1. The van der Waals surface area contributed by atoms with Gasteiger partial charge in [0.25, 0.3) is 5.91 Å². The van der Waals surface area contributed by atoms with Crippen molar-refractivity contribution < 1.29 is 4.79 Å². The van der Waals surface area contributed by atoms with E-state index < -0.39 is 0 Å². The molecule has 86 valence electrons. The van der Waals surface area contributed by atoms with E-state index in [2.05, 4.69) is 10.3 Å². The van der Waals surface area contributed by atoms with E-state index in [1.165, 1.54) is 12.3 Å². The minimum atomic E-state index is -0.145. The van der Waals surface area contributed by atoms with E-state index in [-0.39, 0.29) is 16.6 Å². The summed E-state index contributed by atoms with van der Waals surface area (Å²) in [5.41, 5.74) is 0.381. The Morgan fingerprint density at radius 3 is 2.69 bits per heavy atom. The highest BCUT2D eigenvalue weighted by Gasteiger charge is 2.33. The summed E-state index contributed by atoms with van der Waals surface area (Å²) in [4.78, 5) is 15.7. The Balaban J connectivity index is 2.11. The summed E-state index contributed by atoms with van der Waals surface area (Å²) >= 11 is 11.5. The summed E-state index contributed by atoms with van der Waals surface area (Å²) in [5, 5.41) is 3.49. The molecule has 1 amide bonds. The van der Waals surface area contributed by atoms with Crippen molar-refractivity contribution >= 4 is 29.1 Å². The highest BCUT2D eigenvalue weighted by Crippen LogP contribution is 2.31. The molecule has 0 spiro atoms. The lowest BCUT2D eigenvalue weighted by Gasteiger charge is -2.39. The molecule has 1 heterocycles. The maximum atomic E-state index is 11.9. The van der Waals surface area contributed by atoms with Crippen molar-refractivity contribution in [2.75, 3.05) is 0 Å². The molecule has 1 aliphatic carbocycles. The molecule has 0 radical (unpaired) electrons. The Morgan fingerprint density at radius 2 is 2.19 bits per heavy atom. The molecule has 0 unspecified atom stereocenters. The smallest absolute Gasteiger partial charge is 0.253 e. The van der Waals surface area contributed by atoms with Gasteiger partial charge in [-0.3, -0.25) is 4.79 Å². The van der Waals surface area contributed by atoms with Crippen LogP contribution in [0.25, 0.3) is 0 Å². The summed E-state index contributed by atoms with van der Waals surface area (Å²) in [5.74, 6) is -0.145. The molecule has 1 N–H and O–H groups in total. The van der Waals surface area contributed by atoms with Crippen molar-refractivity contribution in [2.45, 2.75) is 31.7 Å². The SMILES string of the molecule is CC1(NC(=O)c2cnc(Cl)c(Cl)c2)CCC1. The summed E-state index contributed by atoms with van der Waals surface area (Å²) in [6.07, 6.45) is 4.64. The standard InChI is InChI=1S/C11H12Cl2N2O/c1-11(3-2-4-11)15-10(16)7-5-8(12)9(13)14-6-7/h5-6H,2-4H2,1H3,(H,15,16). The Labute approximate surface area is 104 Å². The molecule has 1 saturated carbocycles. The Bertz CT molecular complexity index is 430. The van der Waals surface area contributed by atoms with Gasteiger partial charge < -0.3 is 5.32 Å². The molecule has 5 heteroatoms. The highest BCUT2D eigenvalue weighted by molar-refractivity contribution is 6.41. The highest BCUT2D eigenvalue weighted by atomic mass is 35.5. The van der Waals surface area contributed by atoms with Gasteiger partial charge in [-0.15, -0.1) is 0 Å². The van der Waals surface area contributed by atoms with Gasteiger partial charge in [0.2, 0.25) is 0 Å². The van der Waals surface area contributed by atoms with Gasteiger partial charge in [0, 0.05) is 11.7 Å². The normalized spacial score (nSPS) is 17.7. The average Bonchev–Trinajstić information content (AvgIpc) is 2.19. The zero-order valence-electron chi connectivity index (χ0n) is 8.89. The second kappa shape index (κ2) is 4.22. The van der Waals surface area contributed by atoms with E-state index in [0.717, 1.165) is 19.3 Å². The van der Waals surface area contributed by atoms with Crippen molar-refractivity contribution in [1.82, 2.24) is 10.3 Å². The fraction of sp³-hybridized carbons (Fsp3) is 0.455. The van der Waals surface area contributed by atoms with Gasteiger partial charge >= 0.3 is 0 Å². The average molecular weight is 259 g/mol. The number of carbonyl (C=O) groups excluding carboxylic acids is 1. The van der Waals surface area contributed by atoms with Gasteiger partial charge in [0.05, 0.1) is 10.6 Å². The Hall–Kier alpha value is -0.800. The van der Waals surface area contributed by atoms with Crippen LogP contribution in [0.3, 0.4) is 0 Å². The second-order valence-electron chi connectivity index (χ2n) is 4.36.